The first kappa shape index (κ1) is 15.4. The molecule has 1 aliphatic rings. The highest BCUT2D eigenvalue weighted by Gasteiger charge is 2.37. The first-order chi connectivity index (χ1) is 11.2. The van der Waals surface area contributed by atoms with Crippen molar-refractivity contribution in [1.29, 1.82) is 0 Å². The molecule has 1 aromatic heterocycles. The highest BCUT2D eigenvalue weighted by molar-refractivity contribution is 6.30. The van der Waals surface area contributed by atoms with Crippen LogP contribution in [0, 0.1) is 0 Å². The molecule has 2 aromatic rings. The Hall–Kier alpha value is -2.46. The topological polar surface area (TPSA) is 47.8 Å². The third kappa shape index (κ3) is 3.32. The quantitative estimate of drug-likeness (QED) is 0.839. The van der Waals surface area contributed by atoms with Crippen LogP contribution in [0.15, 0.2) is 67.3 Å². The minimum atomic E-state index is -0.782. The van der Waals surface area contributed by atoms with Gasteiger partial charge in [0.2, 0.25) is 0 Å². The number of allylic oxidation sites excluding steroid dienone is 5. The summed E-state index contributed by atoms with van der Waals surface area (Å²) in [5.74, 6) is 0.0776. The van der Waals surface area contributed by atoms with E-state index in [2.05, 4.69) is 10.1 Å². The second-order valence-electron chi connectivity index (χ2n) is 5.34. The first-order valence-corrected chi connectivity index (χ1v) is 7.73. The van der Waals surface area contributed by atoms with Crippen molar-refractivity contribution in [3.05, 3.63) is 77.9 Å². The molecule has 3 rings (SSSR count). The summed E-state index contributed by atoms with van der Waals surface area (Å²) in [6.45, 7) is 0. The van der Waals surface area contributed by atoms with Gasteiger partial charge in [-0.15, -0.1) is 0 Å². The minimum Gasteiger partial charge on any atom is -0.296 e. The van der Waals surface area contributed by atoms with Crippen molar-refractivity contribution in [3.8, 4) is 0 Å². The molecule has 1 atom stereocenters. The summed E-state index contributed by atoms with van der Waals surface area (Å²) in [5, 5.41) is 4.87. The molecule has 1 aromatic carbocycles. The molecule has 0 fully saturated rings. The van der Waals surface area contributed by atoms with Crippen molar-refractivity contribution in [1.82, 2.24) is 14.8 Å². The molecule has 0 bridgehead atoms. The maximum absolute atomic E-state index is 12.8. The van der Waals surface area contributed by atoms with Gasteiger partial charge in [-0.05, 0) is 23.8 Å². The lowest BCUT2D eigenvalue weighted by atomic mass is 9.85. The van der Waals surface area contributed by atoms with E-state index >= 15 is 0 Å². The number of halogens is 1. The zero-order chi connectivity index (χ0) is 16.1. The molecule has 4 nitrogen and oxygen atoms in total. The molecule has 0 saturated heterocycles. The first-order valence-electron chi connectivity index (χ1n) is 7.36. The second-order valence-corrected chi connectivity index (χ2v) is 5.77. The monoisotopic (exact) mass is 325 g/mol. The molecule has 0 N–H and O–H groups in total. The van der Waals surface area contributed by atoms with Gasteiger partial charge < -0.3 is 0 Å². The highest BCUT2D eigenvalue weighted by Crippen LogP contribution is 2.28. The summed E-state index contributed by atoms with van der Waals surface area (Å²) in [6, 6.07) is 7.49. The molecule has 1 heterocycles. The van der Waals surface area contributed by atoms with Crippen LogP contribution in [-0.4, -0.2) is 20.5 Å². The summed E-state index contributed by atoms with van der Waals surface area (Å²) in [7, 11) is 0. The fourth-order valence-corrected chi connectivity index (χ4v) is 2.71. The summed E-state index contributed by atoms with van der Waals surface area (Å²) in [6.07, 6.45) is 15.4. The van der Waals surface area contributed by atoms with Gasteiger partial charge in [0.25, 0.3) is 0 Å². The molecule has 1 unspecified atom stereocenters. The molecular weight excluding hydrogens is 310 g/mol. The molecule has 0 saturated carbocycles. The van der Waals surface area contributed by atoms with Gasteiger partial charge in [-0.3, -0.25) is 4.79 Å². The summed E-state index contributed by atoms with van der Waals surface area (Å²) in [5.41, 5.74) is 0.228. The van der Waals surface area contributed by atoms with Crippen LogP contribution in [0.4, 0.5) is 0 Å². The van der Waals surface area contributed by atoms with Crippen LogP contribution in [0.2, 0.25) is 5.02 Å². The smallest absolute Gasteiger partial charge is 0.168 e. The van der Waals surface area contributed by atoms with Gasteiger partial charge in [0.15, 0.2) is 5.78 Å². The zero-order valence-electron chi connectivity index (χ0n) is 12.5. The van der Waals surface area contributed by atoms with Gasteiger partial charge in [-0.25, -0.2) is 9.67 Å². The molecule has 1 aliphatic carbocycles. The predicted molar refractivity (Wildman–Crippen MR) is 91.0 cm³/mol. The number of carbonyl (C=O) groups excluding carboxylic acids is 1. The Kier molecular flexibility index (Phi) is 4.53. The predicted octanol–water partition coefficient (Wildman–Crippen LogP) is 3.82. The van der Waals surface area contributed by atoms with E-state index in [9.17, 15) is 4.79 Å². The van der Waals surface area contributed by atoms with E-state index in [-0.39, 0.29) is 5.78 Å². The third-order valence-corrected chi connectivity index (χ3v) is 4.09. The van der Waals surface area contributed by atoms with Crippen LogP contribution in [0.5, 0.6) is 0 Å². The Bertz CT molecular complexity index is 760. The van der Waals surface area contributed by atoms with Crippen molar-refractivity contribution < 1.29 is 4.79 Å². The molecule has 0 aliphatic heterocycles. The van der Waals surface area contributed by atoms with Crippen molar-refractivity contribution in [2.45, 2.75) is 18.4 Å². The number of hydrogen-bond acceptors (Lipinski definition) is 3. The SMILES string of the molecule is O=C(CC=Cc1ccc(Cl)cc1)C1(n2cncn2)C=CC=CC1. The normalized spacial score (nSPS) is 20.2. The van der Waals surface area contributed by atoms with Crippen LogP contribution >= 0.6 is 11.6 Å². The number of rotatable bonds is 5. The summed E-state index contributed by atoms with van der Waals surface area (Å²) in [4.78, 5) is 16.8. The van der Waals surface area contributed by atoms with Gasteiger partial charge in [-0.1, -0.05) is 54.1 Å². The standard InChI is InChI=1S/C18H16ClN3O/c19-16-9-7-15(8-10-16)5-4-6-17(23)18(11-2-1-3-12-18)22-14-20-13-21-22/h1-5,7-11,13-14H,6,12H2. The lowest BCUT2D eigenvalue weighted by Gasteiger charge is -2.29. The highest BCUT2D eigenvalue weighted by atomic mass is 35.5. The number of nitrogens with zero attached hydrogens (tertiary/aromatic N) is 3. The fraction of sp³-hybridized carbons (Fsp3) is 0.167. The molecule has 116 valence electrons. The largest absolute Gasteiger partial charge is 0.296 e. The second kappa shape index (κ2) is 6.75. The van der Waals surface area contributed by atoms with Gasteiger partial charge in [0, 0.05) is 17.9 Å². The summed E-state index contributed by atoms with van der Waals surface area (Å²) < 4.78 is 1.63. The zero-order valence-corrected chi connectivity index (χ0v) is 13.2. The number of aromatic nitrogens is 3. The van der Waals surface area contributed by atoms with Crippen LogP contribution in [-0.2, 0) is 10.3 Å². The lowest BCUT2D eigenvalue weighted by molar-refractivity contribution is -0.125. The molecule has 0 radical (unpaired) electrons. The van der Waals surface area contributed by atoms with E-state index in [0.29, 0.717) is 17.9 Å². The molecule has 0 spiro atoms. The number of Topliss-reactive ketones (excluding diaryl/α,β-unsaturated/α-hetero) is 1. The number of ketones is 1. The number of carbonyl (C=O) groups is 1. The van der Waals surface area contributed by atoms with E-state index in [4.69, 9.17) is 11.6 Å². The van der Waals surface area contributed by atoms with Gasteiger partial charge >= 0.3 is 0 Å². The van der Waals surface area contributed by atoms with E-state index in [1.165, 1.54) is 6.33 Å². The van der Waals surface area contributed by atoms with Crippen molar-refractivity contribution >= 4 is 23.5 Å². The van der Waals surface area contributed by atoms with E-state index in [0.717, 1.165) is 5.56 Å². The van der Waals surface area contributed by atoms with E-state index < -0.39 is 5.54 Å². The number of benzene rings is 1. The van der Waals surface area contributed by atoms with Crippen LogP contribution in [0.3, 0.4) is 0 Å². The lowest BCUT2D eigenvalue weighted by Crippen LogP contribution is -2.40. The fourth-order valence-electron chi connectivity index (χ4n) is 2.58. The Morgan fingerprint density at radius 2 is 2.13 bits per heavy atom. The van der Waals surface area contributed by atoms with Gasteiger partial charge in [0.1, 0.15) is 18.2 Å². The maximum Gasteiger partial charge on any atom is 0.168 e. The van der Waals surface area contributed by atoms with Crippen molar-refractivity contribution in [2.75, 3.05) is 0 Å². The Morgan fingerprint density at radius 3 is 2.78 bits per heavy atom. The van der Waals surface area contributed by atoms with E-state index in [1.807, 2.05) is 60.7 Å². The maximum atomic E-state index is 12.8. The van der Waals surface area contributed by atoms with E-state index in [1.54, 1.807) is 11.0 Å². The molecule has 0 amide bonds. The third-order valence-electron chi connectivity index (χ3n) is 3.84. The molecule has 5 heteroatoms. The average molecular weight is 326 g/mol. The molecule has 23 heavy (non-hydrogen) atoms. The van der Waals surface area contributed by atoms with Crippen molar-refractivity contribution in [2.24, 2.45) is 0 Å². The van der Waals surface area contributed by atoms with Crippen LogP contribution < -0.4 is 0 Å². The Labute approximate surface area is 139 Å². The van der Waals surface area contributed by atoms with Crippen molar-refractivity contribution in [3.63, 3.8) is 0 Å². The van der Waals surface area contributed by atoms with Gasteiger partial charge in [-0.2, -0.15) is 5.10 Å². The average Bonchev–Trinajstić information content (AvgIpc) is 3.12. The minimum absolute atomic E-state index is 0.0776. The molecular formula is C18H16ClN3O. The van der Waals surface area contributed by atoms with Gasteiger partial charge in [0.05, 0.1) is 0 Å². The van der Waals surface area contributed by atoms with Crippen LogP contribution in [0.25, 0.3) is 6.08 Å². The Balaban J connectivity index is 1.76. The summed E-state index contributed by atoms with van der Waals surface area (Å²) >= 11 is 5.87. The van der Waals surface area contributed by atoms with Crippen LogP contribution in [0.1, 0.15) is 18.4 Å². The number of hydrogen-bond donors (Lipinski definition) is 0. The Morgan fingerprint density at radius 1 is 1.30 bits per heavy atom.